The first-order chi connectivity index (χ1) is 12.4. The average molecular weight is 347 g/mol. The zero-order valence-corrected chi connectivity index (χ0v) is 15.9. The van der Waals surface area contributed by atoms with Gasteiger partial charge in [-0.1, -0.05) is 29.8 Å². The van der Waals surface area contributed by atoms with Crippen LogP contribution < -0.4 is 4.90 Å². The highest BCUT2D eigenvalue weighted by atomic mass is 15.3. The topological polar surface area (TPSA) is 46.8 Å². The molecule has 0 amide bonds. The Labute approximate surface area is 154 Å². The third-order valence-electron chi connectivity index (χ3n) is 4.89. The Bertz CT molecular complexity index is 901. The maximum Gasteiger partial charge on any atom is 0.151 e. The van der Waals surface area contributed by atoms with Crippen molar-refractivity contribution in [1.29, 1.82) is 0 Å². The fourth-order valence-electron chi connectivity index (χ4n) is 3.48. The zero-order chi connectivity index (χ0) is 18.3. The molecule has 3 heterocycles. The van der Waals surface area contributed by atoms with Crippen LogP contribution in [0.3, 0.4) is 0 Å². The van der Waals surface area contributed by atoms with Crippen molar-refractivity contribution >= 4 is 5.82 Å². The van der Waals surface area contributed by atoms with Crippen LogP contribution in [0, 0.1) is 6.92 Å². The molecular formula is C21H25N5. The minimum Gasteiger partial charge on any atom is -0.350 e. The van der Waals surface area contributed by atoms with Crippen LogP contribution in [0.1, 0.15) is 37.6 Å². The standard InChI is InChI=1S/C21H25N5/c1-15-5-7-16(8-6-15)18-9-10-20(24-23-18)25-12-11-19-17(14-25)13-22-26(19)21(2,3)4/h5-10,13H,11-12,14H2,1-4H3. The second kappa shape index (κ2) is 6.24. The van der Waals surface area contributed by atoms with Gasteiger partial charge in [-0.3, -0.25) is 4.68 Å². The quantitative estimate of drug-likeness (QED) is 0.704. The van der Waals surface area contributed by atoms with Gasteiger partial charge in [0.2, 0.25) is 0 Å². The first kappa shape index (κ1) is 16.8. The first-order valence-electron chi connectivity index (χ1n) is 9.14. The van der Waals surface area contributed by atoms with Crippen molar-refractivity contribution in [1.82, 2.24) is 20.0 Å². The van der Waals surface area contributed by atoms with E-state index in [1.807, 2.05) is 6.20 Å². The Morgan fingerprint density at radius 2 is 1.73 bits per heavy atom. The fourth-order valence-corrected chi connectivity index (χ4v) is 3.48. The Morgan fingerprint density at radius 3 is 2.38 bits per heavy atom. The molecular weight excluding hydrogens is 322 g/mol. The maximum atomic E-state index is 4.61. The van der Waals surface area contributed by atoms with E-state index in [9.17, 15) is 0 Å². The van der Waals surface area contributed by atoms with Crippen molar-refractivity contribution < 1.29 is 0 Å². The van der Waals surface area contributed by atoms with E-state index in [2.05, 4.69) is 89.0 Å². The SMILES string of the molecule is Cc1ccc(-c2ccc(N3CCc4c(cnn4C(C)(C)C)C3)nn2)cc1. The highest BCUT2D eigenvalue weighted by Gasteiger charge is 2.26. The minimum absolute atomic E-state index is 0.0191. The lowest BCUT2D eigenvalue weighted by Crippen LogP contribution is -2.34. The molecule has 2 aromatic heterocycles. The van der Waals surface area contributed by atoms with Crippen LogP contribution in [0.25, 0.3) is 11.3 Å². The number of anilines is 1. The zero-order valence-electron chi connectivity index (χ0n) is 15.9. The third-order valence-corrected chi connectivity index (χ3v) is 4.89. The monoisotopic (exact) mass is 347 g/mol. The van der Waals surface area contributed by atoms with E-state index in [0.717, 1.165) is 36.6 Å². The number of nitrogens with zero attached hydrogens (tertiary/aromatic N) is 5. The van der Waals surface area contributed by atoms with E-state index < -0.39 is 0 Å². The predicted molar refractivity (Wildman–Crippen MR) is 104 cm³/mol. The van der Waals surface area contributed by atoms with Crippen LogP contribution in [0.4, 0.5) is 5.82 Å². The van der Waals surface area contributed by atoms with Gasteiger partial charge in [0, 0.05) is 36.3 Å². The van der Waals surface area contributed by atoms with Gasteiger partial charge in [-0.15, -0.1) is 10.2 Å². The van der Waals surface area contributed by atoms with Gasteiger partial charge in [0.15, 0.2) is 5.82 Å². The molecule has 4 rings (SSSR count). The number of aryl methyl sites for hydroxylation is 1. The molecule has 0 bridgehead atoms. The molecule has 0 radical (unpaired) electrons. The Morgan fingerprint density at radius 1 is 0.962 bits per heavy atom. The fraction of sp³-hybridized carbons (Fsp3) is 0.381. The van der Waals surface area contributed by atoms with Crippen LogP contribution in [0.5, 0.6) is 0 Å². The highest BCUT2D eigenvalue weighted by molar-refractivity contribution is 5.60. The molecule has 0 saturated carbocycles. The van der Waals surface area contributed by atoms with Gasteiger partial charge in [0.1, 0.15) is 0 Å². The van der Waals surface area contributed by atoms with E-state index >= 15 is 0 Å². The summed E-state index contributed by atoms with van der Waals surface area (Å²) in [5.41, 5.74) is 5.91. The van der Waals surface area contributed by atoms with Gasteiger partial charge in [-0.05, 0) is 39.8 Å². The minimum atomic E-state index is 0.0191. The van der Waals surface area contributed by atoms with Crippen LogP contribution in [-0.2, 0) is 18.5 Å². The van der Waals surface area contributed by atoms with E-state index in [-0.39, 0.29) is 5.54 Å². The summed E-state index contributed by atoms with van der Waals surface area (Å²) >= 11 is 0. The molecule has 3 aromatic rings. The predicted octanol–water partition coefficient (Wildman–Crippen LogP) is 3.97. The van der Waals surface area contributed by atoms with Gasteiger partial charge in [0.05, 0.1) is 17.4 Å². The van der Waals surface area contributed by atoms with Crippen molar-refractivity contribution in [3.8, 4) is 11.3 Å². The molecule has 5 heteroatoms. The number of hydrogen-bond donors (Lipinski definition) is 0. The molecule has 134 valence electrons. The van der Waals surface area contributed by atoms with Gasteiger partial charge in [-0.2, -0.15) is 5.10 Å². The largest absolute Gasteiger partial charge is 0.350 e. The summed E-state index contributed by atoms with van der Waals surface area (Å²) in [7, 11) is 0. The van der Waals surface area contributed by atoms with E-state index in [1.165, 1.54) is 16.8 Å². The normalized spacial score (nSPS) is 14.4. The van der Waals surface area contributed by atoms with Crippen LogP contribution in [-0.4, -0.2) is 26.5 Å². The number of rotatable bonds is 2. The molecule has 0 atom stereocenters. The van der Waals surface area contributed by atoms with Crippen molar-refractivity contribution in [2.24, 2.45) is 0 Å². The van der Waals surface area contributed by atoms with Gasteiger partial charge in [0.25, 0.3) is 0 Å². The summed E-state index contributed by atoms with van der Waals surface area (Å²) in [4.78, 5) is 2.28. The molecule has 0 aliphatic carbocycles. The second-order valence-corrected chi connectivity index (χ2v) is 8.01. The van der Waals surface area contributed by atoms with Crippen LogP contribution >= 0.6 is 0 Å². The smallest absolute Gasteiger partial charge is 0.151 e. The highest BCUT2D eigenvalue weighted by Crippen LogP contribution is 2.27. The number of benzene rings is 1. The Hall–Kier alpha value is -2.69. The molecule has 0 saturated heterocycles. The van der Waals surface area contributed by atoms with Crippen LogP contribution in [0.2, 0.25) is 0 Å². The van der Waals surface area contributed by atoms with Crippen molar-refractivity contribution in [3.63, 3.8) is 0 Å². The van der Waals surface area contributed by atoms with E-state index in [4.69, 9.17) is 0 Å². The Kier molecular flexibility index (Phi) is 4.02. The second-order valence-electron chi connectivity index (χ2n) is 8.01. The molecule has 0 N–H and O–H groups in total. The lowest BCUT2D eigenvalue weighted by Gasteiger charge is -2.30. The molecule has 0 unspecified atom stereocenters. The molecule has 26 heavy (non-hydrogen) atoms. The molecule has 1 aliphatic rings. The van der Waals surface area contributed by atoms with Gasteiger partial charge in [-0.25, -0.2) is 0 Å². The molecule has 5 nitrogen and oxygen atoms in total. The summed E-state index contributed by atoms with van der Waals surface area (Å²) in [6.07, 6.45) is 2.98. The molecule has 0 fully saturated rings. The number of aromatic nitrogens is 4. The summed E-state index contributed by atoms with van der Waals surface area (Å²) < 4.78 is 2.16. The van der Waals surface area contributed by atoms with Gasteiger partial charge < -0.3 is 4.90 Å². The average Bonchev–Trinajstić information content (AvgIpc) is 3.06. The van der Waals surface area contributed by atoms with E-state index in [1.54, 1.807) is 0 Å². The number of fused-ring (bicyclic) bond motifs is 1. The molecule has 0 spiro atoms. The maximum absolute atomic E-state index is 4.61. The van der Waals surface area contributed by atoms with Crippen molar-refractivity contribution in [2.75, 3.05) is 11.4 Å². The van der Waals surface area contributed by atoms with Crippen molar-refractivity contribution in [3.05, 3.63) is 59.4 Å². The molecule has 1 aromatic carbocycles. The summed E-state index contributed by atoms with van der Waals surface area (Å²) in [5.74, 6) is 0.926. The lowest BCUT2D eigenvalue weighted by molar-refractivity contribution is 0.341. The third kappa shape index (κ3) is 3.09. The lowest BCUT2D eigenvalue weighted by atomic mass is 10.0. The molecule has 1 aliphatic heterocycles. The van der Waals surface area contributed by atoms with E-state index in [0.29, 0.717) is 0 Å². The summed E-state index contributed by atoms with van der Waals surface area (Å²) in [6.45, 7) is 10.5. The van der Waals surface area contributed by atoms with Gasteiger partial charge >= 0.3 is 0 Å². The Balaban J connectivity index is 1.54. The number of hydrogen-bond acceptors (Lipinski definition) is 4. The summed E-state index contributed by atoms with van der Waals surface area (Å²) in [6, 6.07) is 12.5. The van der Waals surface area contributed by atoms with Crippen LogP contribution in [0.15, 0.2) is 42.6 Å². The first-order valence-corrected chi connectivity index (χ1v) is 9.14. The van der Waals surface area contributed by atoms with Crippen molar-refractivity contribution in [2.45, 2.75) is 46.2 Å². The summed E-state index contributed by atoms with van der Waals surface area (Å²) in [5, 5.41) is 13.5.